The van der Waals surface area contributed by atoms with Crippen molar-refractivity contribution in [2.75, 3.05) is 13.1 Å². The van der Waals surface area contributed by atoms with Crippen LogP contribution in [0.15, 0.2) is 5.38 Å². The summed E-state index contributed by atoms with van der Waals surface area (Å²) in [5.74, 6) is -1.02. The molecule has 1 aromatic heterocycles. The van der Waals surface area contributed by atoms with Gasteiger partial charge in [0.05, 0.1) is 5.01 Å². The number of amides is 2. The molecule has 0 aliphatic rings. The molecule has 0 radical (unpaired) electrons. The van der Waals surface area contributed by atoms with Gasteiger partial charge in [0, 0.05) is 30.9 Å². The molecule has 0 fully saturated rings. The molecular formula is C12H19N3O3S. The van der Waals surface area contributed by atoms with E-state index in [1.807, 2.05) is 20.8 Å². The summed E-state index contributed by atoms with van der Waals surface area (Å²) < 4.78 is 0. The van der Waals surface area contributed by atoms with E-state index in [-0.39, 0.29) is 17.8 Å². The molecule has 2 amide bonds. The van der Waals surface area contributed by atoms with E-state index in [0.29, 0.717) is 24.5 Å². The Balaban J connectivity index is 2.41. The summed E-state index contributed by atoms with van der Waals surface area (Å²) >= 11 is 1.29. The number of thiazole rings is 1. The van der Waals surface area contributed by atoms with E-state index in [1.165, 1.54) is 16.7 Å². The molecule has 0 unspecified atom stereocenters. The number of rotatable bonds is 6. The van der Waals surface area contributed by atoms with Crippen molar-refractivity contribution in [1.29, 1.82) is 0 Å². The number of nitrogens with zero attached hydrogens (tertiary/aromatic N) is 2. The fourth-order valence-corrected chi connectivity index (χ4v) is 2.42. The van der Waals surface area contributed by atoms with Crippen LogP contribution in [-0.4, -0.2) is 46.1 Å². The Labute approximate surface area is 116 Å². The van der Waals surface area contributed by atoms with Crippen molar-refractivity contribution in [1.82, 2.24) is 15.2 Å². The van der Waals surface area contributed by atoms with E-state index < -0.39 is 5.97 Å². The highest BCUT2D eigenvalue weighted by Gasteiger charge is 2.14. The first-order chi connectivity index (χ1) is 8.95. The summed E-state index contributed by atoms with van der Waals surface area (Å²) in [4.78, 5) is 28.2. The number of carbonyl (C=O) groups is 2. The number of nitrogens with one attached hydrogen (secondary N) is 1. The van der Waals surface area contributed by atoms with E-state index in [4.69, 9.17) is 5.11 Å². The van der Waals surface area contributed by atoms with Crippen LogP contribution in [0.2, 0.25) is 0 Å². The standard InChI is InChI=1S/C12H19N3O3S/c1-4-15(8(2)3)12(18)13-6-5-10-14-9(7-19-10)11(16)17/h7-8H,4-6H2,1-3H3,(H,13,18)(H,16,17). The number of carboxylic acid groups (broad SMARTS) is 1. The van der Waals surface area contributed by atoms with Crippen LogP contribution in [0.5, 0.6) is 0 Å². The average Bonchev–Trinajstić information content (AvgIpc) is 2.78. The zero-order valence-electron chi connectivity index (χ0n) is 11.3. The highest BCUT2D eigenvalue weighted by atomic mass is 32.1. The molecule has 7 heteroatoms. The van der Waals surface area contributed by atoms with Gasteiger partial charge in [-0.2, -0.15) is 0 Å². The summed E-state index contributed by atoms with van der Waals surface area (Å²) in [5.41, 5.74) is 0.0590. The van der Waals surface area contributed by atoms with Crippen molar-refractivity contribution in [3.63, 3.8) is 0 Å². The Hall–Kier alpha value is -1.63. The molecule has 0 aliphatic carbocycles. The van der Waals surface area contributed by atoms with E-state index in [1.54, 1.807) is 4.90 Å². The second-order valence-electron chi connectivity index (χ2n) is 4.29. The van der Waals surface area contributed by atoms with E-state index in [0.717, 1.165) is 0 Å². The Morgan fingerprint density at radius 3 is 2.68 bits per heavy atom. The molecule has 2 N–H and O–H groups in total. The maximum Gasteiger partial charge on any atom is 0.355 e. The number of aromatic carboxylic acids is 1. The van der Waals surface area contributed by atoms with Gasteiger partial charge in [0.25, 0.3) is 0 Å². The van der Waals surface area contributed by atoms with Gasteiger partial charge in [-0.15, -0.1) is 11.3 Å². The topological polar surface area (TPSA) is 82.5 Å². The second kappa shape index (κ2) is 7.08. The third kappa shape index (κ3) is 4.51. The largest absolute Gasteiger partial charge is 0.476 e. The molecule has 6 nitrogen and oxygen atoms in total. The molecule has 0 saturated heterocycles. The highest BCUT2D eigenvalue weighted by molar-refractivity contribution is 7.09. The third-order valence-electron chi connectivity index (χ3n) is 2.61. The van der Waals surface area contributed by atoms with Gasteiger partial charge in [-0.3, -0.25) is 0 Å². The van der Waals surface area contributed by atoms with E-state index >= 15 is 0 Å². The summed E-state index contributed by atoms with van der Waals surface area (Å²) in [7, 11) is 0. The van der Waals surface area contributed by atoms with Crippen LogP contribution in [0.1, 0.15) is 36.3 Å². The minimum absolute atomic E-state index is 0.0590. The van der Waals surface area contributed by atoms with Crippen LogP contribution in [0.3, 0.4) is 0 Å². The number of urea groups is 1. The first-order valence-corrected chi connectivity index (χ1v) is 7.05. The van der Waals surface area contributed by atoms with Crippen molar-refractivity contribution in [3.8, 4) is 0 Å². The lowest BCUT2D eigenvalue weighted by Gasteiger charge is -2.25. The number of carbonyl (C=O) groups excluding carboxylic acids is 1. The van der Waals surface area contributed by atoms with Crippen LogP contribution < -0.4 is 5.32 Å². The van der Waals surface area contributed by atoms with Crippen molar-refractivity contribution in [2.45, 2.75) is 33.2 Å². The number of hydrogen-bond donors (Lipinski definition) is 2. The second-order valence-corrected chi connectivity index (χ2v) is 5.24. The molecular weight excluding hydrogens is 266 g/mol. The lowest BCUT2D eigenvalue weighted by Crippen LogP contribution is -2.44. The number of carboxylic acids is 1. The molecule has 0 atom stereocenters. The summed E-state index contributed by atoms with van der Waals surface area (Å²) in [5, 5.41) is 13.8. The van der Waals surface area contributed by atoms with E-state index in [9.17, 15) is 9.59 Å². The van der Waals surface area contributed by atoms with Crippen molar-refractivity contribution in [3.05, 3.63) is 16.1 Å². The van der Waals surface area contributed by atoms with Gasteiger partial charge in [0.15, 0.2) is 5.69 Å². The van der Waals surface area contributed by atoms with Crippen molar-refractivity contribution < 1.29 is 14.7 Å². The minimum Gasteiger partial charge on any atom is -0.476 e. The monoisotopic (exact) mass is 285 g/mol. The zero-order valence-corrected chi connectivity index (χ0v) is 12.2. The van der Waals surface area contributed by atoms with Crippen LogP contribution in [0.25, 0.3) is 0 Å². The molecule has 0 aliphatic heterocycles. The Morgan fingerprint density at radius 2 is 2.21 bits per heavy atom. The van der Waals surface area contributed by atoms with Crippen LogP contribution in [0, 0.1) is 0 Å². The predicted octanol–water partition coefficient (Wildman–Crippen LogP) is 1.82. The molecule has 0 spiro atoms. The SMILES string of the molecule is CCN(C(=O)NCCc1nc(C(=O)O)cs1)C(C)C. The highest BCUT2D eigenvalue weighted by Crippen LogP contribution is 2.10. The van der Waals surface area contributed by atoms with Crippen LogP contribution in [-0.2, 0) is 6.42 Å². The van der Waals surface area contributed by atoms with Gasteiger partial charge in [0.1, 0.15) is 0 Å². The lowest BCUT2D eigenvalue weighted by atomic mass is 10.3. The number of aromatic nitrogens is 1. The molecule has 19 heavy (non-hydrogen) atoms. The minimum atomic E-state index is -1.02. The van der Waals surface area contributed by atoms with Gasteiger partial charge in [0.2, 0.25) is 0 Å². The first kappa shape index (κ1) is 15.4. The average molecular weight is 285 g/mol. The van der Waals surface area contributed by atoms with Crippen molar-refractivity contribution >= 4 is 23.3 Å². The fourth-order valence-electron chi connectivity index (χ4n) is 1.65. The molecule has 1 heterocycles. The number of hydrogen-bond acceptors (Lipinski definition) is 4. The predicted molar refractivity (Wildman–Crippen MR) is 73.7 cm³/mol. The molecule has 0 aromatic carbocycles. The summed E-state index contributed by atoms with van der Waals surface area (Å²) in [6, 6.07) is 0.0518. The maximum atomic E-state index is 11.8. The summed E-state index contributed by atoms with van der Waals surface area (Å²) in [6.07, 6.45) is 0.541. The van der Waals surface area contributed by atoms with Crippen LogP contribution in [0.4, 0.5) is 4.79 Å². The Bertz CT molecular complexity index is 445. The van der Waals surface area contributed by atoms with Crippen LogP contribution >= 0.6 is 11.3 Å². The smallest absolute Gasteiger partial charge is 0.355 e. The molecule has 1 rings (SSSR count). The van der Waals surface area contributed by atoms with E-state index in [2.05, 4.69) is 10.3 Å². The Morgan fingerprint density at radius 1 is 1.53 bits per heavy atom. The Kier molecular flexibility index (Phi) is 5.75. The van der Waals surface area contributed by atoms with Gasteiger partial charge in [-0.1, -0.05) is 0 Å². The normalized spacial score (nSPS) is 10.5. The van der Waals surface area contributed by atoms with Gasteiger partial charge < -0.3 is 15.3 Å². The lowest BCUT2D eigenvalue weighted by molar-refractivity contribution is 0.0691. The maximum absolute atomic E-state index is 11.8. The third-order valence-corrected chi connectivity index (χ3v) is 3.52. The molecule has 1 aromatic rings. The molecule has 0 bridgehead atoms. The molecule has 106 valence electrons. The first-order valence-electron chi connectivity index (χ1n) is 6.17. The van der Waals surface area contributed by atoms with Gasteiger partial charge in [-0.25, -0.2) is 14.6 Å². The van der Waals surface area contributed by atoms with Crippen molar-refractivity contribution in [2.24, 2.45) is 0 Å². The fraction of sp³-hybridized carbons (Fsp3) is 0.583. The quantitative estimate of drug-likeness (QED) is 0.835. The van der Waals surface area contributed by atoms with Gasteiger partial charge >= 0.3 is 12.0 Å². The summed E-state index contributed by atoms with van der Waals surface area (Å²) in [6.45, 7) is 6.96. The molecule has 0 saturated carbocycles. The van der Waals surface area contributed by atoms with Gasteiger partial charge in [-0.05, 0) is 20.8 Å². The zero-order chi connectivity index (χ0) is 14.4.